The maximum absolute atomic E-state index is 12.1. The van der Waals surface area contributed by atoms with E-state index in [9.17, 15) is 4.79 Å². The van der Waals surface area contributed by atoms with Crippen molar-refractivity contribution in [2.75, 3.05) is 26.8 Å². The number of carbonyl (C=O) groups excluding carboxylic acids is 1. The van der Waals surface area contributed by atoms with Gasteiger partial charge in [-0.2, -0.15) is 0 Å². The first kappa shape index (κ1) is 12.8. The third-order valence-electron chi connectivity index (χ3n) is 4.16. The second-order valence-electron chi connectivity index (χ2n) is 5.51. The standard InChI is InChI=1S/C13H24N2O2/c1-3-4-13(5-6-13)9-15-12(16)10-7-17-8-11(10)14-2/h10-11,14H,3-9H2,1-2H3,(H,15,16). The third kappa shape index (κ3) is 2.99. The predicted molar refractivity (Wildman–Crippen MR) is 66.7 cm³/mol. The van der Waals surface area contributed by atoms with Crippen molar-refractivity contribution in [1.82, 2.24) is 10.6 Å². The van der Waals surface area contributed by atoms with E-state index in [1.807, 2.05) is 7.05 Å². The molecule has 4 nitrogen and oxygen atoms in total. The van der Waals surface area contributed by atoms with Gasteiger partial charge in [-0.05, 0) is 31.7 Å². The summed E-state index contributed by atoms with van der Waals surface area (Å²) in [5, 5.41) is 6.26. The lowest BCUT2D eigenvalue weighted by atomic mass is 9.99. The van der Waals surface area contributed by atoms with Crippen LogP contribution in [0.1, 0.15) is 32.6 Å². The van der Waals surface area contributed by atoms with Crippen molar-refractivity contribution >= 4 is 5.91 Å². The fourth-order valence-corrected chi connectivity index (χ4v) is 2.73. The van der Waals surface area contributed by atoms with Crippen molar-refractivity contribution in [3.8, 4) is 0 Å². The quantitative estimate of drug-likeness (QED) is 0.726. The molecule has 2 unspecified atom stereocenters. The zero-order chi connectivity index (χ0) is 12.3. The van der Waals surface area contributed by atoms with Crippen LogP contribution < -0.4 is 10.6 Å². The lowest BCUT2D eigenvalue weighted by Crippen LogP contribution is -2.44. The fraction of sp³-hybridized carbons (Fsp3) is 0.923. The van der Waals surface area contributed by atoms with Gasteiger partial charge in [0.05, 0.1) is 19.1 Å². The molecule has 1 saturated heterocycles. The summed E-state index contributed by atoms with van der Waals surface area (Å²) in [5.41, 5.74) is 0.430. The SMILES string of the molecule is CCCC1(CNC(=O)C2COCC2NC)CC1. The minimum Gasteiger partial charge on any atom is -0.379 e. The van der Waals surface area contributed by atoms with Gasteiger partial charge in [0.1, 0.15) is 0 Å². The Kier molecular flexibility index (Phi) is 4.05. The van der Waals surface area contributed by atoms with E-state index in [2.05, 4.69) is 17.6 Å². The van der Waals surface area contributed by atoms with E-state index in [-0.39, 0.29) is 17.9 Å². The minimum atomic E-state index is -0.0163. The molecule has 0 aromatic rings. The van der Waals surface area contributed by atoms with Crippen LogP contribution in [-0.4, -0.2) is 38.8 Å². The van der Waals surface area contributed by atoms with Crippen LogP contribution in [0.2, 0.25) is 0 Å². The van der Waals surface area contributed by atoms with Gasteiger partial charge in [-0.15, -0.1) is 0 Å². The van der Waals surface area contributed by atoms with Crippen molar-refractivity contribution < 1.29 is 9.53 Å². The Labute approximate surface area is 103 Å². The van der Waals surface area contributed by atoms with Gasteiger partial charge in [0.15, 0.2) is 0 Å². The number of hydrogen-bond donors (Lipinski definition) is 2. The average Bonchev–Trinajstić information content (AvgIpc) is 2.93. The molecular weight excluding hydrogens is 216 g/mol. The summed E-state index contributed by atoms with van der Waals surface area (Å²) in [5.74, 6) is 0.140. The number of nitrogens with one attached hydrogen (secondary N) is 2. The molecule has 98 valence electrons. The first-order chi connectivity index (χ1) is 8.21. The number of ether oxygens (including phenoxy) is 1. The minimum absolute atomic E-state index is 0.0163. The highest BCUT2D eigenvalue weighted by atomic mass is 16.5. The molecule has 2 rings (SSSR count). The van der Waals surface area contributed by atoms with Crippen LogP contribution in [0.25, 0.3) is 0 Å². The van der Waals surface area contributed by atoms with E-state index in [0.717, 1.165) is 6.54 Å². The molecule has 0 spiro atoms. The lowest BCUT2D eigenvalue weighted by molar-refractivity contribution is -0.125. The monoisotopic (exact) mass is 240 g/mol. The van der Waals surface area contributed by atoms with Crippen molar-refractivity contribution in [3.05, 3.63) is 0 Å². The molecule has 0 aromatic carbocycles. The van der Waals surface area contributed by atoms with E-state index in [1.54, 1.807) is 0 Å². The summed E-state index contributed by atoms with van der Waals surface area (Å²) < 4.78 is 5.35. The molecule has 1 saturated carbocycles. The predicted octanol–water partition coefficient (Wildman–Crippen LogP) is 0.917. The maximum Gasteiger partial charge on any atom is 0.227 e. The van der Waals surface area contributed by atoms with E-state index in [1.165, 1.54) is 25.7 Å². The Balaban J connectivity index is 1.77. The Bertz CT molecular complexity index is 277. The molecule has 17 heavy (non-hydrogen) atoms. The molecule has 1 heterocycles. The Morgan fingerprint density at radius 1 is 1.41 bits per heavy atom. The van der Waals surface area contributed by atoms with Gasteiger partial charge in [-0.1, -0.05) is 13.3 Å². The summed E-state index contributed by atoms with van der Waals surface area (Å²) in [6, 6.07) is 0.177. The summed E-state index contributed by atoms with van der Waals surface area (Å²) in [7, 11) is 1.89. The van der Waals surface area contributed by atoms with Gasteiger partial charge in [0.25, 0.3) is 0 Å². The van der Waals surface area contributed by atoms with Gasteiger partial charge < -0.3 is 15.4 Å². The summed E-state index contributed by atoms with van der Waals surface area (Å²) >= 11 is 0. The molecule has 1 amide bonds. The van der Waals surface area contributed by atoms with Crippen LogP contribution in [0.5, 0.6) is 0 Å². The largest absolute Gasteiger partial charge is 0.379 e. The van der Waals surface area contributed by atoms with E-state index in [0.29, 0.717) is 18.6 Å². The molecule has 0 bridgehead atoms. The molecule has 0 radical (unpaired) electrons. The van der Waals surface area contributed by atoms with Crippen molar-refractivity contribution in [3.63, 3.8) is 0 Å². The topological polar surface area (TPSA) is 50.4 Å². The van der Waals surface area contributed by atoms with Gasteiger partial charge in [-0.25, -0.2) is 0 Å². The molecule has 2 N–H and O–H groups in total. The van der Waals surface area contributed by atoms with Crippen LogP contribution in [0.15, 0.2) is 0 Å². The normalized spacial score (nSPS) is 30.2. The van der Waals surface area contributed by atoms with E-state index < -0.39 is 0 Å². The van der Waals surface area contributed by atoms with Crippen molar-refractivity contribution in [1.29, 1.82) is 0 Å². The molecule has 1 aliphatic carbocycles. The fourth-order valence-electron chi connectivity index (χ4n) is 2.73. The molecule has 4 heteroatoms. The summed E-state index contributed by atoms with van der Waals surface area (Å²) in [6.07, 6.45) is 5.00. The lowest BCUT2D eigenvalue weighted by Gasteiger charge is -2.19. The second kappa shape index (κ2) is 5.36. The molecule has 0 aromatic heterocycles. The van der Waals surface area contributed by atoms with Gasteiger partial charge >= 0.3 is 0 Å². The van der Waals surface area contributed by atoms with Crippen molar-refractivity contribution in [2.45, 2.75) is 38.6 Å². The molecular formula is C13H24N2O2. The van der Waals surface area contributed by atoms with Gasteiger partial charge in [-0.3, -0.25) is 4.79 Å². The maximum atomic E-state index is 12.1. The zero-order valence-corrected chi connectivity index (χ0v) is 10.9. The first-order valence-electron chi connectivity index (χ1n) is 6.73. The number of rotatable bonds is 6. The number of hydrogen-bond acceptors (Lipinski definition) is 3. The number of amides is 1. The molecule has 2 fully saturated rings. The first-order valence-corrected chi connectivity index (χ1v) is 6.73. The number of carbonyl (C=O) groups is 1. The average molecular weight is 240 g/mol. The Morgan fingerprint density at radius 3 is 2.76 bits per heavy atom. The molecule has 2 atom stereocenters. The summed E-state index contributed by atoms with van der Waals surface area (Å²) in [6.45, 7) is 4.27. The molecule has 2 aliphatic rings. The zero-order valence-electron chi connectivity index (χ0n) is 10.9. The highest BCUT2D eigenvalue weighted by Gasteiger charge is 2.42. The highest BCUT2D eigenvalue weighted by molar-refractivity contribution is 5.80. The van der Waals surface area contributed by atoms with Crippen LogP contribution in [0.4, 0.5) is 0 Å². The van der Waals surface area contributed by atoms with Crippen molar-refractivity contribution in [2.24, 2.45) is 11.3 Å². The van der Waals surface area contributed by atoms with Crippen LogP contribution in [-0.2, 0) is 9.53 Å². The summed E-state index contributed by atoms with van der Waals surface area (Å²) in [4.78, 5) is 12.1. The Morgan fingerprint density at radius 2 is 2.18 bits per heavy atom. The third-order valence-corrected chi connectivity index (χ3v) is 4.16. The highest BCUT2D eigenvalue weighted by Crippen LogP contribution is 2.48. The smallest absolute Gasteiger partial charge is 0.227 e. The Hall–Kier alpha value is -0.610. The van der Waals surface area contributed by atoms with Crippen LogP contribution in [0.3, 0.4) is 0 Å². The molecule has 1 aliphatic heterocycles. The van der Waals surface area contributed by atoms with Gasteiger partial charge in [0.2, 0.25) is 5.91 Å². The van der Waals surface area contributed by atoms with Crippen LogP contribution >= 0.6 is 0 Å². The van der Waals surface area contributed by atoms with Gasteiger partial charge in [0, 0.05) is 12.6 Å². The second-order valence-corrected chi connectivity index (χ2v) is 5.51. The number of likely N-dealkylation sites (N-methyl/N-ethyl adjacent to an activating group) is 1. The van der Waals surface area contributed by atoms with Crippen LogP contribution in [0, 0.1) is 11.3 Å². The van der Waals surface area contributed by atoms with E-state index in [4.69, 9.17) is 4.74 Å². The van der Waals surface area contributed by atoms with E-state index >= 15 is 0 Å².